The van der Waals surface area contributed by atoms with Gasteiger partial charge in [-0.05, 0) is 25.1 Å². The van der Waals surface area contributed by atoms with Crippen molar-refractivity contribution >= 4 is 5.97 Å². The molecule has 1 N–H and O–H groups in total. The number of alkyl halides is 2. The van der Waals surface area contributed by atoms with Crippen molar-refractivity contribution in [3.05, 3.63) is 46.8 Å². The molecule has 0 aromatic heterocycles. The van der Waals surface area contributed by atoms with Crippen molar-refractivity contribution in [2.45, 2.75) is 12.8 Å². The normalized spacial score (nSPS) is 12.7. The maximum atomic E-state index is 13.5. The molecule has 0 aliphatic heterocycles. The molecular formula is C11H7F5O2. The van der Waals surface area contributed by atoms with E-state index in [0.717, 1.165) is 6.92 Å². The van der Waals surface area contributed by atoms with Crippen LogP contribution >= 0.6 is 0 Å². The molecule has 2 nitrogen and oxygen atoms in total. The summed E-state index contributed by atoms with van der Waals surface area (Å²) in [5, 5.41) is 8.43. The van der Waals surface area contributed by atoms with Crippen LogP contribution in [-0.2, 0) is 10.7 Å². The molecule has 1 rings (SSSR count). The Hall–Kier alpha value is -1.92. The number of hydrogen-bond acceptors (Lipinski definition) is 1. The maximum absolute atomic E-state index is 13.5. The van der Waals surface area contributed by atoms with Gasteiger partial charge in [-0.3, -0.25) is 0 Å². The average molecular weight is 266 g/mol. The summed E-state index contributed by atoms with van der Waals surface area (Å²) < 4.78 is 65.4. The summed E-state index contributed by atoms with van der Waals surface area (Å²) in [6, 6.07) is 0.699. The minimum Gasteiger partial charge on any atom is -0.478 e. The molecule has 0 bridgehead atoms. The molecule has 0 atom stereocenters. The number of benzene rings is 1. The first-order valence-corrected chi connectivity index (χ1v) is 4.61. The predicted octanol–water partition coefficient (Wildman–Crippen LogP) is 3.23. The molecule has 1 aromatic carbocycles. The van der Waals surface area contributed by atoms with Crippen molar-refractivity contribution < 1.29 is 31.9 Å². The molecule has 0 saturated heterocycles. The van der Waals surface area contributed by atoms with E-state index in [-0.39, 0.29) is 6.08 Å². The molecule has 0 heterocycles. The van der Waals surface area contributed by atoms with Gasteiger partial charge in [0, 0.05) is 5.57 Å². The van der Waals surface area contributed by atoms with Crippen molar-refractivity contribution in [1.82, 2.24) is 0 Å². The summed E-state index contributed by atoms with van der Waals surface area (Å²) in [4.78, 5) is 10.4. The quantitative estimate of drug-likeness (QED) is 0.518. The summed E-state index contributed by atoms with van der Waals surface area (Å²) in [6.45, 7) is 0.869. The van der Waals surface area contributed by atoms with E-state index in [1.807, 2.05) is 0 Å². The number of hydrogen-bond donors (Lipinski definition) is 1. The molecule has 0 radical (unpaired) electrons. The number of rotatable bonds is 3. The van der Waals surface area contributed by atoms with E-state index in [4.69, 9.17) is 5.11 Å². The first-order valence-electron chi connectivity index (χ1n) is 4.61. The zero-order valence-corrected chi connectivity index (χ0v) is 8.98. The highest BCUT2D eigenvalue weighted by molar-refractivity contribution is 5.86. The van der Waals surface area contributed by atoms with E-state index in [0.29, 0.717) is 12.1 Å². The molecule has 0 unspecified atom stereocenters. The highest BCUT2D eigenvalue weighted by atomic mass is 19.3. The monoisotopic (exact) mass is 266 g/mol. The topological polar surface area (TPSA) is 37.3 Å². The molecule has 0 aliphatic rings. The van der Waals surface area contributed by atoms with Gasteiger partial charge < -0.3 is 5.11 Å². The number of halogens is 5. The zero-order valence-electron chi connectivity index (χ0n) is 8.98. The van der Waals surface area contributed by atoms with Gasteiger partial charge in [-0.1, -0.05) is 0 Å². The Bertz CT molecular complexity index is 522. The Morgan fingerprint density at radius 2 is 1.78 bits per heavy atom. The van der Waals surface area contributed by atoms with Crippen LogP contribution in [0.15, 0.2) is 23.8 Å². The number of carboxylic acids is 1. The fraction of sp³-hybridized carbons (Fsp3) is 0.182. The van der Waals surface area contributed by atoms with Gasteiger partial charge in [0.05, 0.1) is 5.56 Å². The number of aliphatic carboxylic acids is 1. The van der Waals surface area contributed by atoms with Crippen LogP contribution in [0.5, 0.6) is 0 Å². The number of carbonyl (C=O) groups is 1. The lowest BCUT2D eigenvalue weighted by Gasteiger charge is -2.14. The zero-order chi connectivity index (χ0) is 14.1. The Labute approximate surface area is 98.3 Å². The van der Waals surface area contributed by atoms with Crippen LogP contribution in [0, 0.1) is 17.5 Å². The van der Waals surface area contributed by atoms with E-state index in [9.17, 15) is 26.7 Å². The van der Waals surface area contributed by atoms with Crippen molar-refractivity contribution in [1.29, 1.82) is 0 Å². The fourth-order valence-electron chi connectivity index (χ4n) is 1.19. The van der Waals surface area contributed by atoms with Gasteiger partial charge in [-0.2, -0.15) is 8.78 Å². The smallest absolute Gasteiger partial charge is 0.331 e. The molecule has 0 spiro atoms. The largest absolute Gasteiger partial charge is 0.478 e. The third-order valence-electron chi connectivity index (χ3n) is 2.13. The Morgan fingerprint density at radius 3 is 2.28 bits per heavy atom. The van der Waals surface area contributed by atoms with Crippen molar-refractivity contribution in [2.75, 3.05) is 0 Å². The Morgan fingerprint density at radius 1 is 1.22 bits per heavy atom. The molecule has 0 fully saturated rings. The summed E-state index contributed by atoms with van der Waals surface area (Å²) in [5.41, 5.74) is -2.17. The van der Waals surface area contributed by atoms with Crippen molar-refractivity contribution in [2.24, 2.45) is 0 Å². The molecule has 7 heteroatoms. The lowest BCUT2D eigenvalue weighted by molar-refractivity contribution is -0.132. The van der Waals surface area contributed by atoms with Gasteiger partial charge in [0.15, 0.2) is 17.5 Å². The van der Waals surface area contributed by atoms with E-state index in [1.165, 1.54) is 0 Å². The molecule has 0 aliphatic carbocycles. The minimum absolute atomic E-state index is 0.0366. The lowest BCUT2D eigenvalue weighted by atomic mass is 10.0. The molecule has 0 saturated carbocycles. The van der Waals surface area contributed by atoms with Crippen molar-refractivity contribution in [3.8, 4) is 0 Å². The second-order valence-electron chi connectivity index (χ2n) is 3.48. The number of carboxylic acid groups (broad SMARTS) is 1. The van der Waals surface area contributed by atoms with Gasteiger partial charge in [-0.25, -0.2) is 18.0 Å². The highest BCUT2D eigenvalue weighted by Crippen LogP contribution is 2.33. The van der Waals surface area contributed by atoms with Gasteiger partial charge in [0.1, 0.15) is 0 Å². The first kappa shape index (κ1) is 14.1. The standard InChI is InChI=1S/C11H7F5O2/c1-5(10(17)18)4-11(15,16)6-2-3-7(12)9(14)8(6)13/h2-4H,1H3,(H,17,18). The fourth-order valence-corrected chi connectivity index (χ4v) is 1.19. The second kappa shape index (κ2) is 4.75. The molecule has 0 amide bonds. The molecule has 18 heavy (non-hydrogen) atoms. The van der Waals surface area contributed by atoms with E-state index in [2.05, 4.69) is 0 Å². The van der Waals surface area contributed by atoms with Crippen molar-refractivity contribution in [3.63, 3.8) is 0 Å². The van der Waals surface area contributed by atoms with E-state index in [1.54, 1.807) is 0 Å². The van der Waals surface area contributed by atoms with Crippen LogP contribution in [0.25, 0.3) is 0 Å². The number of allylic oxidation sites excluding steroid dienone is 1. The maximum Gasteiger partial charge on any atom is 0.331 e. The predicted molar refractivity (Wildman–Crippen MR) is 51.6 cm³/mol. The summed E-state index contributed by atoms with van der Waals surface area (Å²) in [6.07, 6.45) is -0.0366. The van der Waals surface area contributed by atoms with Crippen LogP contribution in [0.2, 0.25) is 0 Å². The van der Waals surface area contributed by atoms with Gasteiger partial charge in [0.25, 0.3) is 5.92 Å². The minimum atomic E-state index is -4.05. The second-order valence-corrected chi connectivity index (χ2v) is 3.48. The Balaban J connectivity index is 3.33. The molecular weight excluding hydrogens is 259 g/mol. The highest BCUT2D eigenvalue weighted by Gasteiger charge is 2.35. The molecule has 1 aromatic rings. The summed E-state index contributed by atoms with van der Waals surface area (Å²) >= 11 is 0. The van der Waals surface area contributed by atoms with Crippen LogP contribution in [-0.4, -0.2) is 11.1 Å². The lowest BCUT2D eigenvalue weighted by Crippen LogP contribution is -2.16. The van der Waals surface area contributed by atoms with E-state index >= 15 is 0 Å². The van der Waals surface area contributed by atoms with Gasteiger partial charge in [0.2, 0.25) is 0 Å². The van der Waals surface area contributed by atoms with Gasteiger partial charge >= 0.3 is 5.97 Å². The average Bonchev–Trinajstić information content (AvgIpc) is 2.24. The molecule has 98 valence electrons. The third-order valence-corrected chi connectivity index (χ3v) is 2.13. The SMILES string of the molecule is CC(=CC(F)(F)c1ccc(F)c(F)c1F)C(=O)O. The van der Waals surface area contributed by atoms with Crippen LogP contribution in [0.4, 0.5) is 22.0 Å². The van der Waals surface area contributed by atoms with Crippen LogP contribution in [0.1, 0.15) is 12.5 Å². The van der Waals surface area contributed by atoms with Crippen LogP contribution < -0.4 is 0 Å². The van der Waals surface area contributed by atoms with E-state index < -0.39 is 40.5 Å². The third kappa shape index (κ3) is 2.66. The summed E-state index contributed by atoms with van der Waals surface area (Å²) in [5.74, 6) is -11.4. The summed E-state index contributed by atoms with van der Waals surface area (Å²) in [7, 11) is 0. The first-order chi connectivity index (χ1) is 8.16. The van der Waals surface area contributed by atoms with Gasteiger partial charge in [-0.15, -0.1) is 0 Å². The van der Waals surface area contributed by atoms with Crippen LogP contribution in [0.3, 0.4) is 0 Å². The Kier molecular flexibility index (Phi) is 3.73.